The largest absolute Gasteiger partial charge is 0.455 e. The van der Waals surface area contributed by atoms with Crippen molar-refractivity contribution in [2.24, 2.45) is 0 Å². The summed E-state index contributed by atoms with van der Waals surface area (Å²) >= 11 is 0. The van der Waals surface area contributed by atoms with Gasteiger partial charge in [-0.15, -0.1) is 0 Å². The summed E-state index contributed by atoms with van der Waals surface area (Å²) in [7, 11) is 0. The summed E-state index contributed by atoms with van der Waals surface area (Å²) in [6.07, 6.45) is 0. The van der Waals surface area contributed by atoms with Gasteiger partial charge in [-0.2, -0.15) is 5.26 Å². The van der Waals surface area contributed by atoms with Crippen LogP contribution in [-0.4, -0.2) is 0 Å². The average Bonchev–Trinajstić information content (AvgIpc) is 2.40. The lowest BCUT2D eigenvalue weighted by molar-refractivity contribution is 0.480. The number of benzene rings is 2. The molecule has 0 aliphatic heterocycles. The van der Waals surface area contributed by atoms with Gasteiger partial charge in [-0.3, -0.25) is 0 Å². The molecule has 3 nitrogen and oxygen atoms in total. The van der Waals surface area contributed by atoms with Crippen LogP contribution in [-0.2, 0) is 5.41 Å². The Morgan fingerprint density at radius 1 is 1.10 bits per heavy atom. The van der Waals surface area contributed by atoms with Crippen LogP contribution in [0, 0.1) is 11.3 Å². The van der Waals surface area contributed by atoms with Crippen LogP contribution in [0.3, 0.4) is 0 Å². The highest BCUT2D eigenvalue weighted by Gasteiger charge is 2.14. The minimum absolute atomic E-state index is 0.0550. The molecule has 0 aliphatic rings. The van der Waals surface area contributed by atoms with E-state index in [-0.39, 0.29) is 5.41 Å². The van der Waals surface area contributed by atoms with Crippen molar-refractivity contribution >= 4 is 5.69 Å². The SMILES string of the molecule is CC(C)(C)c1cccc(Oc2cccc(C#N)c2N)c1. The van der Waals surface area contributed by atoms with Crippen molar-refractivity contribution in [2.45, 2.75) is 26.2 Å². The number of nitrogens with zero attached hydrogens (tertiary/aromatic N) is 1. The number of para-hydroxylation sites is 1. The molecule has 0 aliphatic carbocycles. The molecular formula is C17H18N2O. The lowest BCUT2D eigenvalue weighted by Gasteiger charge is -2.20. The standard InChI is InChI=1S/C17H18N2O/c1-17(2,3)13-7-5-8-14(10-13)20-15-9-4-6-12(11-18)16(15)19/h4-10H,19H2,1-3H3. The van der Waals surface area contributed by atoms with Gasteiger partial charge in [-0.1, -0.05) is 39.0 Å². The van der Waals surface area contributed by atoms with Gasteiger partial charge in [0.15, 0.2) is 5.75 Å². The molecule has 0 bridgehead atoms. The number of anilines is 1. The highest BCUT2D eigenvalue weighted by Crippen LogP contribution is 2.32. The number of ether oxygens (including phenoxy) is 1. The van der Waals surface area contributed by atoms with E-state index in [4.69, 9.17) is 15.7 Å². The molecule has 0 spiro atoms. The zero-order chi connectivity index (χ0) is 14.8. The molecule has 0 heterocycles. The Bertz CT molecular complexity index is 663. The van der Waals surface area contributed by atoms with E-state index in [2.05, 4.69) is 32.9 Å². The van der Waals surface area contributed by atoms with E-state index in [0.29, 0.717) is 17.0 Å². The van der Waals surface area contributed by atoms with Crippen LogP contribution < -0.4 is 10.5 Å². The summed E-state index contributed by atoms with van der Waals surface area (Å²) in [4.78, 5) is 0. The van der Waals surface area contributed by atoms with E-state index in [1.165, 1.54) is 5.56 Å². The molecule has 3 heteroatoms. The third kappa shape index (κ3) is 2.92. The number of nitrogens with two attached hydrogens (primary N) is 1. The summed E-state index contributed by atoms with van der Waals surface area (Å²) in [5, 5.41) is 8.97. The summed E-state index contributed by atoms with van der Waals surface area (Å²) in [6, 6.07) is 15.2. The quantitative estimate of drug-likeness (QED) is 0.827. The molecule has 0 saturated carbocycles. The summed E-state index contributed by atoms with van der Waals surface area (Å²) in [5.41, 5.74) is 7.96. The molecule has 20 heavy (non-hydrogen) atoms. The third-order valence-electron chi connectivity index (χ3n) is 3.11. The molecule has 2 aromatic rings. The maximum Gasteiger partial charge on any atom is 0.151 e. The summed E-state index contributed by atoms with van der Waals surface area (Å²) in [6.45, 7) is 6.45. The lowest BCUT2D eigenvalue weighted by atomic mass is 9.87. The molecule has 102 valence electrons. The predicted octanol–water partition coefficient (Wildman–Crippen LogP) is 4.23. The Labute approximate surface area is 119 Å². The van der Waals surface area contributed by atoms with Gasteiger partial charge in [-0.25, -0.2) is 0 Å². The number of hydrogen-bond acceptors (Lipinski definition) is 3. The Kier molecular flexibility index (Phi) is 3.67. The fourth-order valence-corrected chi connectivity index (χ4v) is 1.88. The molecule has 0 unspecified atom stereocenters. The second kappa shape index (κ2) is 5.26. The molecule has 0 fully saturated rings. The van der Waals surface area contributed by atoms with Gasteiger partial charge in [0.1, 0.15) is 11.8 Å². The number of hydrogen-bond donors (Lipinski definition) is 1. The Balaban J connectivity index is 2.34. The lowest BCUT2D eigenvalue weighted by Crippen LogP contribution is -2.10. The Hall–Kier alpha value is -2.47. The average molecular weight is 266 g/mol. The second-order valence-corrected chi connectivity index (χ2v) is 5.71. The molecule has 0 radical (unpaired) electrons. The molecule has 0 aromatic heterocycles. The molecule has 2 aromatic carbocycles. The van der Waals surface area contributed by atoms with E-state index < -0.39 is 0 Å². The van der Waals surface area contributed by atoms with Crippen LogP contribution >= 0.6 is 0 Å². The fourth-order valence-electron chi connectivity index (χ4n) is 1.88. The van der Waals surface area contributed by atoms with Crippen LogP contribution in [0.25, 0.3) is 0 Å². The van der Waals surface area contributed by atoms with Crippen molar-refractivity contribution in [3.8, 4) is 17.6 Å². The zero-order valence-corrected chi connectivity index (χ0v) is 12.0. The molecule has 2 rings (SSSR count). The normalized spacial score (nSPS) is 10.9. The fraction of sp³-hybridized carbons (Fsp3) is 0.235. The van der Waals surface area contributed by atoms with Gasteiger partial charge in [0.2, 0.25) is 0 Å². The first-order chi connectivity index (χ1) is 9.41. The van der Waals surface area contributed by atoms with Crippen LogP contribution in [0.4, 0.5) is 5.69 Å². The zero-order valence-electron chi connectivity index (χ0n) is 12.0. The van der Waals surface area contributed by atoms with Crippen LogP contribution in [0.15, 0.2) is 42.5 Å². The number of rotatable bonds is 2. The smallest absolute Gasteiger partial charge is 0.151 e. The first kappa shape index (κ1) is 14.0. The topological polar surface area (TPSA) is 59.0 Å². The van der Waals surface area contributed by atoms with Gasteiger partial charge in [0.05, 0.1) is 11.3 Å². The Morgan fingerprint density at radius 2 is 1.80 bits per heavy atom. The van der Waals surface area contributed by atoms with Crippen molar-refractivity contribution in [3.05, 3.63) is 53.6 Å². The molecular weight excluding hydrogens is 248 g/mol. The Morgan fingerprint density at radius 3 is 2.45 bits per heavy atom. The molecule has 2 N–H and O–H groups in total. The molecule has 0 saturated heterocycles. The molecule has 0 amide bonds. The first-order valence-corrected chi connectivity index (χ1v) is 6.49. The molecule has 0 atom stereocenters. The van der Waals surface area contributed by atoms with Crippen molar-refractivity contribution in [3.63, 3.8) is 0 Å². The van der Waals surface area contributed by atoms with Crippen molar-refractivity contribution in [1.29, 1.82) is 5.26 Å². The van der Waals surface area contributed by atoms with E-state index in [1.54, 1.807) is 18.2 Å². The number of nitriles is 1. The second-order valence-electron chi connectivity index (χ2n) is 5.71. The highest BCUT2D eigenvalue weighted by atomic mass is 16.5. The van der Waals surface area contributed by atoms with E-state index in [9.17, 15) is 0 Å². The van der Waals surface area contributed by atoms with Crippen molar-refractivity contribution in [2.75, 3.05) is 5.73 Å². The maximum absolute atomic E-state index is 8.97. The summed E-state index contributed by atoms with van der Waals surface area (Å²) in [5.74, 6) is 1.23. The number of nitrogen functional groups attached to an aromatic ring is 1. The minimum Gasteiger partial charge on any atom is -0.455 e. The van der Waals surface area contributed by atoms with Gasteiger partial charge in [-0.05, 0) is 35.2 Å². The van der Waals surface area contributed by atoms with E-state index >= 15 is 0 Å². The van der Waals surface area contributed by atoms with Gasteiger partial charge >= 0.3 is 0 Å². The summed E-state index contributed by atoms with van der Waals surface area (Å²) < 4.78 is 5.81. The minimum atomic E-state index is 0.0550. The third-order valence-corrected chi connectivity index (χ3v) is 3.11. The van der Waals surface area contributed by atoms with E-state index in [1.807, 2.05) is 18.2 Å². The van der Waals surface area contributed by atoms with Gasteiger partial charge in [0.25, 0.3) is 0 Å². The monoisotopic (exact) mass is 266 g/mol. The van der Waals surface area contributed by atoms with Crippen LogP contribution in [0.2, 0.25) is 0 Å². The van der Waals surface area contributed by atoms with E-state index in [0.717, 1.165) is 5.75 Å². The van der Waals surface area contributed by atoms with Crippen molar-refractivity contribution in [1.82, 2.24) is 0 Å². The van der Waals surface area contributed by atoms with Gasteiger partial charge < -0.3 is 10.5 Å². The maximum atomic E-state index is 8.97. The van der Waals surface area contributed by atoms with Crippen LogP contribution in [0.1, 0.15) is 31.9 Å². The van der Waals surface area contributed by atoms with Crippen LogP contribution in [0.5, 0.6) is 11.5 Å². The van der Waals surface area contributed by atoms with Gasteiger partial charge in [0, 0.05) is 0 Å². The van der Waals surface area contributed by atoms with Crippen molar-refractivity contribution < 1.29 is 4.74 Å². The highest BCUT2D eigenvalue weighted by molar-refractivity contribution is 5.63. The first-order valence-electron chi connectivity index (χ1n) is 6.49. The predicted molar refractivity (Wildman–Crippen MR) is 80.8 cm³/mol.